The molecule has 0 unspecified atom stereocenters. The molecule has 0 spiro atoms. The highest BCUT2D eigenvalue weighted by Gasteiger charge is 2.36. The molecular weight excluding hydrogens is 712 g/mol. The highest BCUT2D eigenvalue weighted by Crippen LogP contribution is 2.32. The molecule has 252 valence electrons. The second-order valence-corrected chi connectivity index (χ2v) is 15.3. The minimum atomic E-state index is -4.32. The molecule has 0 aromatic heterocycles. The number of rotatable bonds is 12. The number of nitrogens with one attached hydrogen (secondary N) is 1. The molecule has 1 aliphatic rings. The summed E-state index contributed by atoms with van der Waals surface area (Å²) in [6.07, 6.45) is 4.96. The van der Waals surface area contributed by atoms with Crippen molar-refractivity contribution in [1.82, 2.24) is 10.2 Å². The van der Waals surface area contributed by atoms with Crippen molar-refractivity contribution in [2.24, 2.45) is 0 Å². The van der Waals surface area contributed by atoms with Gasteiger partial charge in [-0.3, -0.25) is 13.9 Å². The van der Waals surface area contributed by atoms with Crippen molar-refractivity contribution in [3.05, 3.63) is 128 Å². The molecule has 0 radical (unpaired) electrons. The lowest BCUT2D eigenvalue weighted by molar-refractivity contribution is -0.140. The summed E-state index contributed by atoms with van der Waals surface area (Å²) in [5.41, 5.74) is 1.34. The molecule has 0 bridgehead atoms. The van der Waals surface area contributed by atoms with Gasteiger partial charge in [0, 0.05) is 44.7 Å². The van der Waals surface area contributed by atoms with Crippen LogP contribution in [0.15, 0.2) is 102 Å². The summed E-state index contributed by atoms with van der Waals surface area (Å²) < 4.78 is 29.3. The van der Waals surface area contributed by atoms with Crippen molar-refractivity contribution in [1.29, 1.82) is 0 Å². The third-order valence-electron chi connectivity index (χ3n) is 8.36. The molecule has 1 atom stereocenters. The highest BCUT2D eigenvalue weighted by atomic mass is 35.5. The van der Waals surface area contributed by atoms with Crippen LogP contribution in [0.5, 0.6) is 0 Å². The normalized spacial score (nSPS) is 14.2. The molecule has 1 N–H and O–H groups in total. The number of amides is 2. The monoisotopic (exact) mass is 745 g/mol. The minimum Gasteiger partial charge on any atom is -0.352 e. The summed E-state index contributed by atoms with van der Waals surface area (Å²) in [6, 6.07) is 25.4. The van der Waals surface area contributed by atoms with Crippen LogP contribution in [0.1, 0.15) is 43.2 Å². The Kier molecular flexibility index (Phi) is 12.3. The lowest BCUT2D eigenvalue weighted by Crippen LogP contribution is -2.55. The molecule has 5 rings (SSSR count). The summed E-state index contributed by atoms with van der Waals surface area (Å²) >= 11 is 25.9. The third-order valence-corrected chi connectivity index (χ3v) is 11.3. The van der Waals surface area contributed by atoms with Gasteiger partial charge in [-0.25, -0.2) is 8.42 Å². The van der Waals surface area contributed by atoms with E-state index in [1.54, 1.807) is 36.4 Å². The van der Waals surface area contributed by atoms with Crippen LogP contribution in [0, 0.1) is 0 Å². The van der Waals surface area contributed by atoms with Gasteiger partial charge in [0.25, 0.3) is 10.0 Å². The van der Waals surface area contributed by atoms with E-state index >= 15 is 0 Å². The molecule has 0 saturated heterocycles. The second kappa shape index (κ2) is 16.4. The molecule has 1 fully saturated rings. The number of benzene rings is 4. The fourth-order valence-corrected chi connectivity index (χ4v) is 8.33. The lowest BCUT2D eigenvalue weighted by atomic mass is 9.94. The van der Waals surface area contributed by atoms with Crippen molar-refractivity contribution in [3.8, 4) is 0 Å². The quantitative estimate of drug-likeness (QED) is 0.157. The smallest absolute Gasteiger partial charge is 0.264 e. The van der Waals surface area contributed by atoms with Crippen molar-refractivity contribution in [2.75, 3.05) is 10.8 Å². The van der Waals surface area contributed by atoms with Gasteiger partial charge in [0.05, 0.1) is 10.6 Å². The largest absolute Gasteiger partial charge is 0.352 e. The van der Waals surface area contributed by atoms with Crippen LogP contribution in [-0.4, -0.2) is 43.8 Å². The zero-order valence-corrected chi connectivity index (χ0v) is 29.8. The summed E-state index contributed by atoms with van der Waals surface area (Å²) in [5, 5.41) is 4.17. The van der Waals surface area contributed by atoms with Gasteiger partial charge in [-0.2, -0.15) is 0 Å². The van der Waals surface area contributed by atoms with E-state index in [0.29, 0.717) is 15.6 Å². The number of halogens is 4. The first kappa shape index (κ1) is 36.0. The maximum atomic E-state index is 14.7. The molecule has 4 aromatic rings. The van der Waals surface area contributed by atoms with E-state index in [9.17, 15) is 18.0 Å². The predicted molar refractivity (Wildman–Crippen MR) is 193 cm³/mol. The van der Waals surface area contributed by atoms with Gasteiger partial charge in [0.1, 0.15) is 12.6 Å². The van der Waals surface area contributed by atoms with Crippen LogP contribution in [0.25, 0.3) is 0 Å². The molecule has 12 heteroatoms. The predicted octanol–water partition coefficient (Wildman–Crippen LogP) is 8.58. The molecule has 0 heterocycles. The van der Waals surface area contributed by atoms with Gasteiger partial charge in [-0.1, -0.05) is 120 Å². The van der Waals surface area contributed by atoms with E-state index in [-0.39, 0.29) is 45.5 Å². The SMILES string of the molecule is O=C(NC1CCCCC1)[C@H](Cc1ccccc1)N(Cc1c(Cl)cccc1Cl)C(=O)CN(c1cc(Cl)cc(Cl)c1)S(=O)(=O)c1ccccc1. The number of anilines is 1. The van der Waals surface area contributed by atoms with E-state index in [1.165, 1.54) is 35.2 Å². The molecule has 7 nitrogen and oxygen atoms in total. The highest BCUT2D eigenvalue weighted by molar-refractivity contribution is 7.92. The molecule has 48 heavy (non-hydrogen) atoms. The van der Waals surface area contributed by atoms with Crippen molar-refractivity contribution >= 4 is 73.9 Å². The van der Waals surface area contributed by atoms with Crippen LogP contribution in [0.3, 0.4) is 0 Å². The Bertz CT molecular complexity index is 1800. The Morgan fingerprint density at radius 1 is 0.771 bits per heavy atom. The van der Waals surface area contributed by atoms with Crippen LogP contribution in [0.2, 0.25) is 20.1 Å². The van der Waals surface area contributed by atoms with Crippen LogP contribution >= 0.6 is 46.4 Å². The van der Waals surface area contributed by atoms with E-state index in [2.05, 4.69) is 5.32 Å². The van der Waals surface area contributed by atoms with Crippen molar-refractivity contribution in [2.45, 2.75) is 62.0 Å². The number of carbonyl (C=O) groups excluding carboxylic acids is 2. The fourth-order valence-electron chi connectivity index (χ4n) is 5.88. The topological polar surface area (TPSA) is 86.8 Å². The number of hydrogen-bond acceptors (Lipinski definition) is 4. The van der Waals surface area contributed by atoms with E-state index in [4.69, 9.17) is 46.4 Å². The number of carbonyl (C=O) groups is 2. The second-order valence-electron chi connectivity index (χ2n) is 11.7. The maximum absolute atomic E-state index is 14.7. The van der Waals surface area contributed by atoms with E-state index in [0.717, 1.165) is 42.0 Å². The summed E-state index contributed by atoms with van der Waals surface area (Å²) in [4.78, 5) is 30.3. The van der Waals surface area contributed by atoms with Gasteiger partial charge >= 0.3 is 0 Å². The first-order valence-corrected chi connectivity index (χ1v) is 18.6. The average Bonchev–Trinajstić information content (AvgIpc) is 3.07. The number of sulfonamides is 1. The van der Waals surface area contributed by atoms with Gasteiger partial charge in [0.2, 0.25) is 11.8 Å². The standard InChI is InChI=1S/C36H35Cl4N3O4S/c37-26-20-27(38)22-29(21-26)43(48(46,47)30-15-8-3-9-16-30)24-35(44)42(23-31-32(39)17-10-18-33(31)40)34(19-25-11-4-1-5-12-25)36(45)41-28-13-6-2-7-14-28/h1,3-5,8-12,15-18,20-22,28,34H,2,6-7,13-14,19,23-24H2,(H,41,45)/t34-/m0/s1. The zero-order valence-electron chi connectivity index (χ0n) is 26.0. The summed E-state index contributed by atoms with van der Waals surface area (Å²) in [5.74, 6) is -0.994. The Labute approximate surface area is 301 Å². The molecule has 1 aliphatic carbocycles. The van der Waals surface area contributed by atoms with Crippen molar-refractivity contribution in [3.63, 3.8) is 0 Å². The van der Waals surface area contributed by atoms with Crippen LogP contribution in [-0.2, 0) is 32.6 Å². The molecular formula is C36H35Cl4N3O4S. The molecule has 4 aromatic carbocycles. The van der Waals surface area contributed by atoms with Crippen LogP contribution in [0.4, 0.5) is 5.69 Å². The lowest BCUT2D eigenvalue weighted by Gasteiger charge is -2.35. The zero-order chi connectivity index (χ0) is 34.3. The Morgan fingerprint density at radius 3 is 1.96 bits per heavy atom. The number of nitrogens with zero attached hydrogens (tertiary/aromatic N) is 2. The first-order valence-electron chi connectivity index (χ1n) is 15.6. The van der Waals surface area contributed by atoms with Gasteiger partial charge < -0.3 is 10.2 Å². The first-order chi connectivity index (χ1) is 23.0. The Balaban J connectivity index is 1.60. The fraction of sp³-hybridized carbons (Fsp3) is 0.278. The summed E-state index contributed by atoms with van der Waals surface area (Å²) in [6.45, 7) is -0.819. The van der Waals surface area contributed by atoms with Gasteiger partial charge in [-0.15, -0.1) is 0 Å². The van der Waals surface area contributed by atoms with Crippen LogP contribution < -0.4 is 9.62 Å². The van der Waals surface area contributed by atoms with Gasteiger partial charge in [-0.05, 0) is 60.9 Å². The summed E-state index contributed by atoms with van der Waals surface area (Å²) in [7, 11) is -4.32. The minimum absolute atomic E-state index is 0.0334. The van der Waals surface area contributed by atoms with E-state index in [1.807, 2.05) is 30.3 Å². The van der Waals surface area contributed by atoms with Crippen molar-refractivity contribution < 1.29 is 18.0 Å². The molecule has 0 aliphatic heterocycles. The molecule has 2 amide bonds. The Hall–Kier alpha value is -3.27. The van der Waals surface area contributed by atoms with Gasteiger partial charge in [0.15, 0.2) is 0 Å². The average molecular weight is 748 g/mol. The Morgan fingerprint density at radius 2 is 1.35 bits per heavy atom. The van der Waals surface area contributed by atoms with E-state index < -0.39 is 28.5 Å². The molecule has 1 saturated carbocycles. The number of hydrogen-bond donors (Lipinski definition) is 1. The third kappa shape index (κ3) is 9.04. The maximum Gasteiger partial charge on any atom is 0.264 e.